The molecule has 3 heteroatoms. The van der Waals surface area contributed by atoms with E-state index in [1.54, 1.807) is 10.9 Å². The maximum atomic E-state index is 11.1. The molecule has 0 spiro atoms. The monoisotopic (exact) mass is 228 g/mol. The molecular formula is C14H16N2O. The molecule has 1 aromatic heterocycles. The number of carbonyl (C=O) groups is 1. The third-order valence-electron chi connectivity index (χ3n) is 3.01. The topological polar surface area (TPSA) is 34.9 Å². The Morgan fingerprint density at radius 1 is 1.18 bits per heavy atom. The molecule has 1 aromatic carbocycles. The Morgan fingerprint density at radius 3 is 2.29 bits per heavy atom. The third kappa shape index (κ3) is 1.88. The minimum atomic E-state index is 0.625. The largest absolute Gasteiger partial charge is 0.331 e. The van der Waals surface area contributed by atoms with Gasteiger partial charge in [0.15, 0.2) is 6.29 Å². The number of nitrogens with zero attached hydrogens (tertiary/aromatic N) is 2. The van der Waals surface area contributed by atoms with Crippen LogP contribution in [0.5, 0.6) is 0 Å². The second kappa shape index (κ2) is 4.17. The highest BCUT2D eigenvalue weighted by Crippen LogP contribution is 2.28. The summed E-state index contributed by atoms with van der Waals surface area (Å²) in [5.41, 5.74) is 6.01. The third-order valence-corrected chi connectivity index (χ3v) is 3.01. The lowest BCUT2D eigenvalue weighted by Gasteiger charge is -2.10. The Balaban J connectivity index is 2.72. The van der Waals surface area contributed by atoms with Gasteiger partial charge in [-0.1, -0.05) is 17.7 Å². The van der Waals surface area contributed by atoms with Crippen molar-refractivity contribution in [2.75, 3.05) is 0 Å². The maximum Gasteiger partial charge on any atom is 0.168 e. The summed E-state index contributed by atoms with van der Waals surface area (Å²) in [6.45, 7) is 6.18. The van der Waals surface area contributed by atoms with Crippen LogP contribution >= 0.6 is 0 Å². The van der Waals surface area contributed by atoms with Gasteiger partial charge in [-0.25, -0.2) is 4.98 Å². The number of benzene rings is 1. The number of hydrogen-bond donors (Lipinski definition) is 0. The molecule has 0 aliphatic carbocycles. The molecular weight excluding hydrogens is 212 g/mol. The first-order valence-corrected chi connectivity index (χ1v) is 5.59. The van der Waals surface area contributed by atoms with Crippen LogP contribution in [0.15, 0.2) is 18.5 Å². The highest BCUT2D eigenvalue weighted by atomic mass is 16.1. The van der Waals surface area contributed by atoms with Crippen LogP contribution in [0.2, 0.25) is 0 Å². The Kier molecular flexibility index (Phi) is 2.84. The summed E-state index contributed by atoms with van der Waals surface area (Å²) in [6, 6.07) is 4.23. The second-order valence-electron chi connectivity index (χ2n) is 4.48. The Labute approximate surface area is 101 Å². The summed E-state index contributed by atoms with van der Waals surface area (Å²) < 4.78 is 1.75. The normalized spacial score (nSPS) is 10.6. The van der Waals surface area contributed by atoms with Crippen LogP contribution in [0, 0.1) is 20.8 Å². The molecule has 0 N–H and O–H groups in total. The second-order valence-corrected chi connectivity index (χ2v) is 4.48. The van der Waals surface area contributed by atoms with Crippen LogP contribution in [0.3, 0.4) is 0 Å². The van der Waals surface area contributed by atoms with Gasteiger partial charge in [0.1, 0.15) is 5.69 Å². The molecule has 1 heterocycles. The molecule has 0 saturated heterocycles. The van der Waals surface area contributed by atoms with E-state index in [4.69, 9.17) is 0 Å². The number of hydrogen-bond acceptors (Lipinski definition) is 2. The van der Waals surface area contributed by atoms with Crippen LogP contribution in [0.1, 0.15) is 27.2 Å². The van der Waals surface area contributed by atoms with Gasteiger partial charge in [0.05, 0.1) is 12.0 Å². The molecule has 0 bridgehead atoms. The standard InChI is InChI=1S/C14H16N2O/c1-9-5-10(2)13(11(3)6-9)14-12(7-17)16(4)8-15-14/h5-8H,1-4H3. The van der Waals surface area contributed by atoms with Gasteiger partial charge >= 0.3 is 0 Å². The highest BCUT2D eigenvalue weighted by Gasteiger charge is 2.14. The first kappa shape index (κ1) is 11.6. The average molecular weight is 228 g/mol. The zero-order valence-electron chi connectivity index (χ0n) is 10.6. The first-order valence-electron chi connectivity index (χ1n) is 5.59. The average Bonchev–Trinajstić information content (AvgIpc) is 2.58. The van der Waals surface area contributed by atoms with E-state index in [9.17, 15) is 4.79 Å². The fourth-order valence-electron chi connectivity index (χ4n) is 2.32. The summed E-state index contributed by atoms with van der Waals surface area (Å²) in [5, 5.41) is 0. The molecule has 0 radical (unpaired) electrons. The van der Waals surface area contributed by atoms with Crippen molar-refractivity contribution < 1.29 is 4.79 Å². The van der Waals surface area contributed by atoms with Gasteiger partial charge in [0.25, 0.3) is 0 Å². The van der Waals surface area contributed by atoms with E-state index in [2.05, 4.69) is 37.9 Å². The molecule has 0 unspecified atom stereocenters. The van der Waals surface area contributed by atoms with E-state index >= 15 is 0 Å². The molecule has 2 aromatic rings. The van der Waals surface area contributed by atoms with Crippen molar-refractivity contribution in [2.24, 2.45) is 7.05 Å². The van der Waals surface area contributed by atoms with Crippen molar-refractivity contribution in [1.29, 1.82) is 0 Å². The van der Waals surface area contributed by atoms with Gasteiger partial charge in [-0.2, -0.15) is 0 Å². The van der Waals surface area contributed by atoms with Gasteiger partial charge in [-0.05, 0) is 31.9 Å². The van der Waals surface area contributed by atoms with Gasteiger partial charge in [0.2, 0.25) is 0 Å². The number of imidazole rings is 1. The van der Waals surface area contributed by atoms with Crippen LogP contribution in [-0.4, -0.2) is 15.8 Å². The molecule has 0 aliphatic heterocycles. The smallest absolute Gasteiger partial charge is 0.168 e. The summed E-state index contributed by atoms with van der Waals surface area (Å²) in [7, 11) is 1.83. The fourth-order valence-corrected chi connectivity index (χ4v) is 2.32. The van der Waals surface area contributed by atoms with Crippen LogP contribution in [-0.2, 0) is 7.05 Å². The lowest BCUT2D eigenvalue weighted by atomic mass is 9.96. The SMILES string of the molecule is Cc1cc(C)c(-c2ncn(C)c2C=O)c(C)c1. The van der Waals surface area contributed by atoms with Crippen molar-refractivity contribution in [3.63, 3.8) is 0 Å². The highest BCUT2D eigenvalue weighted by molar-refractivity contribution is 5.85. The van der Waals surface area contributed by atoms with E-state index in [0.717, 1.165) is 28.7 Å². The Hall–Kier alpha value is -1.90. The quantitative estimate of drug-likeness (QED) is 0.741. The maximum absolute atomic E-state index is 11.1. The zero-order valence-corrected chi connectivity index (χ0v) is 10.6. The zero-order chi connectivity index (χ0) is 12.6. The molecule has 0 saturated carbocycles. The van der Waals surface area contributed by atoms with Crippen molar-refractivity contribution >= 4 is 6.29 Å². The summed E-state index contributed by atoms with van der Waals surface area (Å²) in [6.07, 6.45) is 2.54. The van der Waals surface area contributed by atoms with Gasteiger partial charge in [-0.15, -0.1) is 0 Å². The minimum Gasteiger partial charge on any atom is -0.331 e. The fraction of sp³-hybridized carbons (Fsp3) is 0.286. The van der Waals surface area contributed by atoms with E-state index < -0.39 is 0 Å². The van der Waals surface area contributed by atoms with Crippen molar-refractivity contribution in [3.05, 3.63) is 40.8 Å². The van der Waals surface area contributed by atoms with Crippen LogP contribution < -0.4 is 0 Å². The molecule has 88 valence electrons. The number of aldehydes is 1. The number of rotatable bonds is 2. The van der Waals surface area contributed by atoms with Crippen molar-refractivity contribution in [2.45, 2.75) is 20.8 Å². The van der Waals surface area contributed by atoms with Crippen LogP contribution in [0.4, 0.5) is 0 Å². The number of aromatic nitrogens is 2. The Bertz CT molecular complexity index is 559. The predicted molar refractivity (Wildman–Crippen MR) is 68.2 cm³/mol. The van der Waals surface area contributed by atoms with E-state index in [1.165, 1.54) is 5.56 Å². The summed E-state index contributed by atoms with van der Waals surface area (Å²) >= 11 is 0. The Morgan fingerprint density at radius 2 is 1.76 bits per heavy atom. The van der Waals surface area contributed by atoms with Gasteiger partial charge in [0, 0.05) is 12.6 Å². The number of aryl methyl sites for hydroxylation is 4. The lowest BCUT2D eigenvalue weighted by Crippen LogP contribution is -1.97. The van der Waals surface area contributed by atoms with Gasteiger partial charge in [-0.3, -0.25) is 4.79 Å². The summed E-state index contributed by atoms with van der Waals surface area (Å²) in [4.78, 5) is 15.5. The molecule has 2 rings (SSSR count). The molecule has 0 aliphatic rings. The van der Waals surface area contributed by atoms with Crippen molar-refractivity contribution in [3.8, 4) is 11.3 Å². The molecule has 0 amide bonds. The molecule has 3 nitrogen and oxygen atoms in total. The van der Waals surface area contributed by atoms with E-state index in [1.807, 2.05) is 7.05 Å². The van der Waals surface area contributed by atoms with E-state index in [0.29, 0.717) is 5.69 Å². The van der Waals surface area contributed by atoms with Crippen LogP contribution in [0.25, 0.3) is 11.3 Å². The van der Waals surface area contributed by atoms with Gasteiger partial charge < -0.3 is 4.57 Å². The first-order chi connectivity index (χ1) is 8.04. The molecule has 17 heavy (non-hydrogen) atoms. The van der Waals surface area contributed by atoms with Crippen molar-refractivity contribution in [1.82, 2.24) is 9.55 Å². The molecule has 0 fully saturated rings. The van der Waals surface area contributed by atoms with E-state index in [-0.39, 0.29) is 0 Å². The predicted octanol–water partition coefficient (Wildman–Crippen LogP) is 2.82. The lowest BCUT2D eigenvalue weighted by molar-refractivity contribution is 0.111. The number of carbonyl (C=O) groups excluding carboxylic acids is 1. The molecule has 0 atom stereocenters. The summed E-state index contributed by atoms with van der Waals surface area (Å²) in [5.74, 6) is 0. The minimum absolute atomic E-state index is 0.625.